The second kappa shape index (κ2) is 7.02. The molecule has 17 heavy (non-hydrogen) atoms. The second-order valence-electron chi connectivity index (χ2n) is 4.18. The lowest BCUT2D eigenvalue weighted by Gasteiger charge is -2.17. The van der Waals surface area contributed by atoms with E-state index in [-0.39, 0.29) is 0 Å². The first-order valence-electron chi connectivity index (χ1n) is 5.91. The van der Waals surface area contributed by atoms with Crippen LogP contribution in [0.4, 0.5) is 5.69 Å². The summed E-state index contributed by atoms with van der Waals surface area (Å²) in [5, 5.41) is 4.15. The lowest BCUT2D eigenvalue weighted by Crippen LogP contribution is -2.17. The molecule has 0 bridgehead atoms. The van der Waals surface area contributed by atoms with Crippen LogP contribution in [0.2, 0.25) is 5.02 Å². The van der Waals surface area contributed by atoms with Crippen LogP contribution < -0.4 is 5.32 Å². The molecule has 0 radical (unpaired) electrons. The quantitative estimate of drug-likeness (QED) is 0.854. The van der Waals surface area contributed by atoms with E-state index < -0.39 is 10.8 Å². The highest BCUT2D eigenvalue weighted by molar-refractivity contribution is 7.83. The highest BCUT2D eigenvalue weighted by Gasteiger charge is 2.07. The molecular weight excluding hydrogens is 254 g/mol. The summed E-state index contributed by atoms with van der Waals surface area (Å²) in [7, 11) is -0.864. The number of anilines is 1. The van der Waals surface area contributed by atoms with Crippen LogP contribution in [0.25, 0.3) is 0 Å². The molecule has 2 nitrogen and oxygen atoms in total. The third kappa shape index (κ3) is 4.68. The molecule has 96 valence electrons. The van der Waals surface area contributed by atoms with Crippen molar-refractivity contribution in [3.63, 3.8) is 0 Å². The molecule has 1 rings (SSSR count). The number of nitrogens with one attached hydrogen (secondary N) is 1. The predicted octanol–water partition coefficient (Wildman–Crippen LogP) is 3.82. The largest absolute Gasteiger partial charge is 0.382 e. The Morgan fingerprint density at radius 1 is 1.35 bits per heavy atom. The maximum atomic E-state index is 11.2. The molecule has 1 N–H and O–H groups in total. The third-order valence-corrected chi connectivity index (χ3v) is 3.85. The zero-order valence-electron chi connectivity index (χ0n) is 10.6. The molecule has 1 aromatic rings. The number of rotatable bonds is 6. The Hall–Kier alpha value is -0.540. The van der Waals surface area contributed by atoms with Crippen molar-refractivity contribution in [1.29, 1.82) is 0 Å². The SMILES string of the molecule is CCC(CC)Nc1ccc(Cl)c(CS(C)=O)c1. The van der Waals surface area contributed by atoms with E-state index in [2.05, 4.69) is 19.2 Å². The van der Waals surface area contributed by atoms with Crippen LogP contribution in [0.3, 0.4) is 0 Å². The van der Waals surface area contributed by atoms with Crippen LogP contribution in [-0.2, 0) is 16.6 Å². The minimum Gasteiger partial charge on any atom is -0.382 e. The highest BCUT2D eigenvalue weighted by Crippen LogP contribution is 2.22. The fourth-order valence-corrected chi connectivity index (χ4v) is 2.66. The first-order chi connectivity index (χ1) is 8.06. The van der Waals surface area contributed by atoms with Crippen LogP contribution in [0.15, 0.2) is 18.2 Å². The molecule has 0 amide bonds. The summed E-state index contributed by atoms with van der Waals surface area (Å²) < 4.78 is 11.2. The standard InChI is InChI=1S/C13H20ClNOS/c1-4-11(5-2)15-12-6-7-13(14)10(8-12)9-17(3)16/h6-8,11,15H,4-5,9H2,1-3H3. The summed E-state index contributed by atoms with van der Waals surface area (Å²) in [6.45, 7) is 4.33. The molecule has 1 unspecified atom stereocenters. The van der Waals surface area contributed by atoms with Gasteiger partial charge < -0.3 is 5.32 Å². The van der Waals surface area contributed by atoms with Gasteiger partial charge in [-0.3, -0.25) is 4.21 Å². The van der Waals surface area contributed by atoms with Crippen molar-refractivity contribution in [1.82, 2.24) is 0 Å². The molecule has 0 saturated carbocycles. The molecule has 0 fully saturated rings. The Morgan fingerprint density at radius 3 is 2.53 bits per heavy atom. The monoisotopic (exact) mass is 273 g/mol. The molecule has 0 aliphatic heterocycles. The zero-order chi connectivity index (χ0) is 12.8. The van der Waals surface area contributed by atoms with E-state index in [4.69, 9.17) is 11.6 Å². The molecule has 1 atom stereocenters. The van der Waals surface area contributed by atoms with Gasteiger partial charge in [-0.2, -0.15) is 0 Å². The van der Waals surface area contributed by atoms with Gasteiger partial charge in [0, 0.05) is 39.6 Å². The predicted molar refractivity (Wildman–Crippen MR) is 77.2 cm³/mol. The van der Waals surface area contributed by atoms with Gasteiger partial charge in [0.15, 0.2) is 0 Å². The number of benzene rings is 1. The molecule has 0 saturated heterocycles. The van der Waals surface area contributed by atoms with Crippen LogP contribution >= 0.6 is 11.6 Å². The van der Waals surface area contributed by atoms with E-state index in [1.54, 1.807) is 6.26 Å². The van der Waals surface area contributed by atoms with Crippen molar-refractivity contribution in [3.05, 3.63) is 28.8 Å². The Kier molecular flexibility index (Phi) is 6.00. The zero-order valence-corrected chi connectivity index (χ0v) is 12.2. The van der Waals surface area contributed by atoms with Crippen LogP contribution in [0.5, 0.6) is 0 Å². The summed E-state index contributed by atoms with van der Waals surface area (Å²) in [4.78, 5) is 0. The molecule has 0 aliphatic carbocycles. The molecule has 0 aromatic heterocycles. The normalized spacial score (nSPS) is 12.8. The van der Waals surface area contributed by atoms with Gasteiger partial charge >= 0.3 is 0 Å². The second-order valence-corrected chi connectivity index (χ2v) is 6.02. The van der Waals surface area contributed by atoms with Gasteiger partial charge in [0.05, 0.1) is 0 Å². The minimum atomic E-state index is -0.864. The van der Waals surface area contributed by atoms with Crippen molar-refractivity contribution < 1.29 is 4.21 Å². The molecule has 0 aliphatic rings. The third-order valence-electron chi connectivity index (χ3n) is 2.76. The van der Waals surface area contributed by atoms with Crippen molar-refractivity contribution in [2.45, 2.75) is 38.5 Å². The van der Waals surface area contributed by atoms with Crippen molar-refractivity contribution >= 4 is 28.1 Å². The van der Waals surface area contributed by atoms with Gasteiger partial charge in [-0.25, -0.2) is 0 Å². The summed E-state index contributed by atoms with van der Waals surface area (Å²) >= 11 is 6.08. The smallest absolute Gasteiger partial charge is 0.0498 e. The van der Waals surface area contributed by atoms with Crippen LogP contribution in [0, 0.1) is 0 Å². The van der Waals surface area contributed by atoms with Gasteiger partial charge in [-0.15, -0.1) is 0 Å². The van der Waals surface area contributed by atoms with E-state index in [1.807, 2.05) is 18.2 Å². The van der Waals surface area contributed by atoms with Gasteiger partial charge in [0.2, 0.25) is 0 Å². The highest BCUT2D eigenvalue weighted by atomic mass is 35.5. The van der Waals surface area contributed by atoms with Gasteiger partial charge in [-0.05, 0) is 36.6 Å². The summed E-state index contributed by atoms with van der Waals surface area (Å²) in [5.74, 6) is 0.511. The van der Waals surface area contributed by atoms with Crippen LogP contribution in [-0.4, -0.2) is 16.5 Å². The Labute approximate surface area is 111 Å². The maximum Gasteiger partial charge on any atom is 0.0498 e. The molecule has 0 spiro atoms. The maximum absolute atomic E-state index is 11.2. The lowest BCUT2D eigenvalue weighted by atomic mass is 10.1. The fraction of sp³-hybridized carbons (Fsp3) is 0.538. The van der Waals surface area contributed by atoms with E-state index in [1.165, 1.54) is 0 Å². The van der Waals surface area contributed by atoms with Crippen molar-refractivity contribution in [3.8, 4) is 0 Å². The van der Waals surface area contributed by atoms with Gasteiger partial charge in [0.25, 0.3) is 0 Å². The summed E-state index contributed by atoms with van der Waals surface area (Å²) in [6.07, 6.45) is 3.87. The first-order valence-corrected chi connectivity index (χ1v) is 8.02. The van der Waals surface area contributed by atoms with Crippen LogP contribution in [0.1, 0.15) is 32.3 Å². The summed E-state index contributed by atoms with van der Waals surface area (Å²) in [5.41, 5.74) is 2.01. The Morgan fingerprint density at radius 2 is 2.00 bits per heavy atom. The average molecular weight is 274 g/mol. The minimum absolute atomic E-state index is 0.483. The summed E-state index contributed by atoms with van der Waals surface area (Å²) in [6, 6.07) is 6.33. The topological polar surface area (TPSA) is 29.1 Å². The number of hydrogen-bond donors (Lipinski definition) is 1. The fourth-order valence-electron chi connectivity index (χ4n) is 1.72. The van der Waals surface area contributed by atoms with E-state index in [0.717, 1.165) is 24.1 Å². The lowest BCUT2D eigenvalue weighted by molar-refractivity contribution is 0.671. The molecule has 4 heteroatoms. The van der Waals surface area contributed by atoms with Gasteiger partial charge in [0.1, 0.15) is 0 Å². The molecule has 1 aromatic carbocycles. The molecule has 0 heterocycles. The molecular formula is C13H20ClNOS. The van der Waals surface area contributed by atoms with E-state index in [0.29, 0.717) is 16.8 Å². The average Bonchev–Trinajstić information content (AvgIpc) is 2.29. The Balaban J connectivity index is 2.84. The van der Waals surface area contributed by atoms with E-state index >= 15 is 0 Å². The van der Waals surface area contributed by atoms with E-state index in [9.17, 15) is 4.21 Å². The number of hydrogen-bond acceptors (Lipinski definition) is 2. The first kappa shape index (κ1) is 14.5. The number of halogens is 1. The van der Waals surface area contributed by atoms with Gasteiger partial charge in [-0.1, -0.05) is 25.4 Å². The Bertz CT molecular complexity index is 391. The van der Waals surface area contributed by atoms with Crippen molar-refractivity contribution in [2.24, 2.45) is 0 Å². The van der Waals surface area contributed by atoms with Crippen molar-refractivity contribution in [2.75, 3.05) is 11.6 Å².